The Morgan fingerprint density at radius 3 is 2.76 bits per heavy atom. The van der Waals surface area contributed by atoms with Crippen LogP contribution < -0.4 is 0 Å². The Morgan fingerprint density at radius 1 is 1.33 bits per heavy atom. The van der Waals surface area contributed by atoms with Crippen molar-refractivity contribution in [3.63, 3.8) is 0 Å². The monoisotopic (exact) mass is 307 g/mol. The van der Waals surface area contributed by atoms with Crippen molar-refractivity contribution in [3.8, 4) is 0 Å². The van der Waals surface area contributed by atoms with Crippen LogP contribution in [0.2, 0.25) is 0 Å². The molecule has 2 aromatic rings. The highest BCUT2D eigenvalue weighted by Gasteiger charge is 2.30. The normalized spacial score (nSPS) is 23.6. The molecule has 3 heterocycles. The van der Waals surface area contributed by atoms with Gasteiger partial charge in [0.1, 0.15) is 18.1 Å². The molecule has 2 N–H and O–H groups in total. The quantitative estimate of drug-likeness (QED) is 0.911. The molecule has 2 atom stereocenters. The van der Waals surface area contributed by atoms with Crippen molar-refractivity contribution in [1.82, 2.24) is 4.90 Å². The van der Waals surface area contributed by atoms with Gasteiger partial charge in [-0.3, -0.25) is 4.90 Å². The van der Waals surface area contributed by atoms with Crippen LogP contribution in [-0.2, 0) is 13.2 Å². The Kier molecular flexibility index (Phi) is 4.45. The van der Waals surface area contributed by atoms with E-state index in [1.54, 1.807) is 17.4 Å². The van der Waals surface area contributed by atoms with E-state index in [4.69, 9.17) is 9.52 Å². The van der Waals surface area contributed by atoms with Crippen molar-refractivity contribution in [1.29, 1.82) is 0 Å². The van der Waals surface area contributed by atoms with Crippen LogP contribution in [-0.4, -0.2) is 34.3 Å². The van der Waals surface area contributed by atoms with Gasteiger partial charge in [0, 0.05) is 17.3 Å². The first kappa shape index (κ1) is 14.8. The zero-order valence-electron chi connectivity index (χ0n) is 12.2. The van der Waals surface area contributed by atoms with Crippen LogP contribution in [0.5, 0.6) is 0 Å². The number of likely N-dealkylation sites (tertiary alicyclic amines) is 1. The highest BCUT2D eigenvalue weighted by molar-refractivity contribution is 7.10. The molecule has 1 saturated heterocycles. The van der Waals surface area contributed by atoms with Crippen molar-refractivity contribution in [2.75, 3.05) is 13.1 Å². The van der Waals surface area contributed by atoms with Gasteiger partial charge < -0.3 is 14.6 Å². The number of nitrogens with zero attached hydrogens (tertiary/aromatic N) is 1. The van der Waals surface area contributed by atoms with Crippen LogP contribution in [0, 0.1) is 6.92 Å². The third kappa shape index (κ3) is 3.21. The molecule has 0 bridgehead atoms. The number of β-amino-alcohol motifs (C(OH)–C–C–N with tert-alkyl or cyclic N) is 1. The Morgan fingerprint density at radius 2 is 2.14 bits per heavy atom. The van der Waals surface area contributed by atoms with Crippen LogP contribution in [0.25, 0.3) is 0 Å². The molecule has 2 aromatic heterocycles. The third-order valence-corrected chi connectivity index (χ3v) is 5.31. The standard InChI is InChI=1S/C16H21NO3S/c1-11-5-7-21-16(11)14-4-6-17(9-15(14)19)8-12-2-3-13(10-18)20-12/h2-3,5,7,14-15,18-19H,4,6,8-10H2,1H3/t14-,15-/m1/s1. The lowest BCUT2D eigenvalue weighted by Gasteiger charge is -2.35. The largest absolute Gasteiger partial charge is 0.462 e. The summed E-state index contributed by atoms with van der Waals surface area (Å²) in [6.45, 7) is 4.35. The Bertz CT molecular complexity index is 592. The van der Waals surface area contributed by atoms with Crippen molar-refractivity contribution in [2.45, 2.75) is 38.5 Å². The van der Waals surface area contributed by atoms with Crippen LogP contribution in [0.15, 0.2) is 28.0 Å². The number of hydrogen-bond acceptors (Lipinski definition) is 5. The molecule has 4 nitrogen and oxygen atoms in total. The summed E-state index contributed by atoms with van der Waals surface area (Å²) in [5, 5.41) is 21.6. The average Bonchev–Trinajstić information content (AvgIpc) is 3.08. The first-order valence-corrected chi connectivity index (χ1v) is 8.18. The number of furan rings is 1. The predicted molar refractivity (Wildman–Crippen MR) is 82.3 cm³/mol. The summed E-state index contributed by atoms with van der Waals surface area (Å²) >= 11 is 1.75. The van der Waals surface area contributed by atoms with E-state index < -0.39 is 0 Å². The second-order valence-electron chi connectivity index (χ2n) is 5.69. The lowest BCUT2D eigenvalue weighted by atomic mass is 9.90. The van der Waals surface area contributed by atoms with Crippen molar-refractivity contribution >= 4 is 11.3 Å². The number of aliphatic hydroxyl groups excluding tert-OH is 2. The maximum absolute atomic E-state index is 10.5. The fraction of sp³-hybridized carbons (Fsp3) is 0.500. The number of aryl methyl sites for hydroxylation is 1. The summed E-state index contributed by atoms with van der Waals surface area (Å²) in [6, 6.07) is 5.82. The zero-order valence-corrected chi connectivity index (χ0v) is 13.0. The smallest absolute Gasteiger partial charge is 0.129 e. The molecular formula is C16H21NO3S. The van der Waals surface area contributed by atoms with Gasteiger partial charge in [0.05, 0.1) is 12.6 Å². The zero-order chi connectivity index (χ0) is 14.8. The number of rotatable bonds is 4. The molecule has 5 heteroatoms. The average molecular weight is 307 g/mol. The Balaban J connectivity index is 1.61. The highest BCUT2D eigenvalue weighted by Crippen LogP contribution is 2.34. The van der Waals surface area contributed by atoms with Crippen LogP contribution in [0.3, 0.4) is 0 Å². The second-order valence-corrected chi connectivity index (χ2v) is 6.64. The van der Waals surface area contributed by atoms with Gasteiger partial charge in [-0.05, 0) is 49.0 Å². The minimum Gasteiger partial charge on any atom is -0.462 e. The summed E-state index contributed by atoms with van der Waals surface area (Å²) in [6.07, 6.45) is 0.638. The molecule has 0 amide bonds. The SMILES string of the molecule is Cc1ccsc1[C@@H]1CCN(Cc2ccc(CO)o2)C[C@H]1O. The molecule has 114 valence electrons. The molecule has 0 aliphatic carbocycles. The van der Waals surface area contributed by atoms with E-state index in [9.17, 15) is 5.11 Å². The topological polar surface area (TPSA) is 56.8 Å². The van der Waals surface area contributed by atoms with E-state index in [2.05, 4.69) is 23.3 Å². The molecule has 1 aliphatic rings. The van der Waals surface area contributed by atoms with Crippen LogP contribution in [0.1, 0.15) is 34.3 Å². The van der Waals surface area contributed by atoms with E-state index in [-0.39, 0.29) is 18.6 Å². The van der Waals surface area contributed by atoms with Gasteiger partial charge in [-0.2, -0.15) is 0 Å². The van der Waals surface area contributed by atoms with Gasteiger partial charge in [0.2, 0.25) is 0 Å². The number of thiophene rings is 1. The van der Waals surface area contributed by atoms with E-state index in [1.165, 1.54) is 10.4 Å². The van der Waals surface area contributed by atoms with Gasteiger partial charge >= 0.3 is 0 Å². The number of hydrogen-bond donors (Lipinski definition) is 2. The summed E-state index contributed by atoms with van der Waals surface area (Å²) in [4.78, 5) is 3.53. The lowest BCUT2D eigenvalue weighted by molar-refractivity contribution is 0.0451. The molecule has 3 rings (SSSR count). The minimum atomic E-state index is -0.330. The predicted octanol–water partition coefficient (Wildman–Crippen LogP) is 2.49. The fourth-order valence-corrected chi connectivity index (χ4v) is 4.15. The summed E-state index contributed by atoms with van der Waals surface area (Å²) in [5.74, 6) is 1.69. The van der Waals surface area contributed by atoms with Crippen molar-refractivity contribution in [2.24, 2.45) is 0 Å². The van der Waals surface area contributed by atoms with Gasteiger partial charge in [0.25, 0.3) is 0 Å². The maximum atomic E-state index is 10.5. The van der Waals surface area contributed by atoms with Crippen molar-refractivity contribution < 1.29 is 14.6 Å². The molecule has 0 aromatic carbocycles. The second kappa shape index (κ2) is 6.32. The molecule has 1 fully saturated rings. The molecule has 0 unspecified atom stereocenters. The molecule has 21 heavy (non-hydrogen) atoms. The van der Waals surface area contributed by atoms with E-state index in [0.717, 1.165) is 18.7 Å². The Hall–Kier alpha value is -1.14. The first-order valence-electron chi connectivity index (χ1n) is 7.30. The van der Waals surface area contributed by atoms with E-state index in [1.807, 2.05) is 6.07 Å². The van der Waals surface area contributed by atoms with Crippen LogP contribution in [0.4, 0.5) is 0 Å². The summed E-state index contributed by atoms with van der Waals surface area (Å²) in [5.41, 5.74) is 1.29. The van der Waals surface area contributed by atoms with Gasteiger partial charge in [0.15, 0.2) is 0 Å². The Labute approximate surface area is 128 Å². The van der Waals surface area contributed by atoms with Gasteiger partial charge in [-0.25, -0.2) is 0 Å². The van der Waals surface area contributed by atoms with Gasteiger partial charge in [-0.15, -0.1) is 11.3 Å². The molecule has 0 spiro atoms. The third-order valence-electron chi connectivity index (χ3n) is 4.16. The highest BCUT2D eigenvalue weighted by atomic mass is 32.1. The molecule has 1 aliphatic heterocycles. The summed E-state index contributed by atoms with van der Waals surface area (Å²) in [7, 11) is 0. The molecule has 0 saturated carbocycles. The molecule has 0 radical (unpaired) electrons. The number of aliphatic hydroxyl groups is 2. The van der Waals surface area contributed by atoms with E-state index in [0.29, 0.717) is 18.8 Å². The number of piperidine rings is 1. The minimum absolute atomic E-state index is 0.0671. The van der Waals surface area contributed by atoms with E-state index >= 15 is 0 Å². The maximum Gasteiger partial charge on any atom is 0.129 e. The van der Waals surface area contributed by atoms with Crippen LogP contribution >= 0.6 is 11.3 Å². The fourth-order valence-electron chi connectivity index (χ4n) is 3.02. The lowest BCUT2D eigenvalue weighted by Crippen LogP contribution is -2.42. The van der Waals surface area contributed by atoms with Gasteiger partial charge in [-0.1, -0.05) is 0 Å². The first-order chi connectivity index (χ1) is 10.2. The molecular weight excluding hydrogens is 286 g/mol. The van der Waals surface area contributed by atoms with Crippen molar-refractivity contribution in [3.05, 3.63) is 45.5 Å². The summed E-state index contributed by atoms with van der Waals surface area (Å²) < 4.78 is 5.52.